The second kappa shape index (κ2) is 7.38. The van der Waals surface area contributed by atoms with Crippen molar-refractivity contribution in [3.63, 3.8) is 0 Å². The second-order valence-electron chi connectivity index (χ2n) is 8.45. The Hall–Kier alpha value is -3.74. The van der Waals surface area contributed by atoms with E-state index >= 15 is 0 Å². The molecule has 7 aromatic rings. The summed E-state index contributed by atoms with van der Waals surface area (Å²) in [6.45, 7) is 4.08. The fourth-order valence-corrected chi connectivity index (χ4v) is 6.55. The standard InChI is InChI=1S/C28H18N4S2/c1-15-13-19(27-31-21-7-3-5-9-23(21)33-27)17-11-12-18-20(14-16(2)30-26(18)25(17)29-15)28-32-22-8-4-6-10-24(22)34-28/h3-14H,1-2H3. The smallest absolute Gasteiger partial charge is 0.125 e. The summed E-state index contributed by atoms with van der Waals surface area (Å²) in [7, 11) is 0. The minimum atomic E-state index is 0.915. The van der Waals surface area contributed by atoms with Crippen molar-refractivity contribution in [1.29, 1.82) is 0 Å². The Morgan fingerprint density at radius 2 is 0.971 bits per heavy atom. The summed E-state index contributed by atoms with van der Waals surface area (Å²) in [5, 5.41) is 4.17. The van der Waals surface area contributed by atoms with E-state index in [2.05, 4.69) is 60.7 Å². The average Bonchev–Trinajstić information content (AvgIpc) is 3.47. The van der Waals surface area contributed by atoms with Gasteiger partial charge in [0, 0.05) is 33.3 Å². The summed E-state index contributed by atoms with van der Waals surface area (Å²) >= 11 is 3.43. The molecule has 4 heterocycles. The first-order chi connectivity index (χ1) is 16.6. The molecule has 0 aliphatic heterocycles. The van der Waals surface area contributed by atoms with Crippen molar-refractivity contribution < 1.29 is 0 Å². The number of aryl methyl sites for hydroxylation is 2. The third kappa shape index (κ3) is 3.03. The fourth-order valence-electron chi connectivity index (χ4n) is 4.56. The normalized spacial score (nSPS) is 11.8. The SMILES string of the molecule is Cc1cc(-c2nc3ccccc3s2)c2ccc3c(-c4nc5ccccc5s4)cc(C)nc3c2n1. The number of hydrogen-bond donors (Lipinski definition) is 0. The molecule has 0 saturated heterocycles. The van der Waals surface area contributed by atoms with Crippen LogP contribution in [-0.4, -0.2) is 19.9 Å². The topological polar surface area (TPSA) is 51.6 Å². The number of para-hydroxylation sites is 2. The zero-order valence-corrected chi connectivity index (χ0v) is 20.2. The number of hydrogen-bond acceptors (Lipinski definition) is 6. The van der Waals surface area contributed by atoms with Crippen LogP contribution in [0.3, 0.4) is 0 Å². The molecular formula is C28H18N4S2. The van der Waals surface area contributed by atoms with Gasteiger partial charge in [-0.3, -0.25) is 9.97 Å². The van der Waals surface area contributed by atoms with E-state index in [-0.39, 0.29) is 0 Å². The molecule has 6 heteroatoms. The highest BCUT2D eigenvalue weighted by Crippen LogP contribution is 2.40. The zero-order valence-electron chi connectivity index (χ0n) is 18.5. The maximum atomic E-state index is 4.96. The molecule has 0 atom stereocenters. The minimum Gasteiger partial charge on any atom is -0.251 e. The summed E-state index contributed by atoms with van der Waals surface area (Å²) < 4.78 is 2.38. The molecular weight excluding hydrogens is 456 g/mol. The molecule has 0 aliphatic carbocycles. The number of pyridine rings is 2. The molecule has 0 bridgehead atoms. The van der Waals surface area contributed by atoms with E-state index in [1.807, 2.05) is 26.0 Å². The van der Waals surface area contributed by atoms with Crippen LogP contribution in [0.15, 0.2) is 72.8 Å². The molecule has 0 radical (unpaired) electrons. The van der Waals surface area contributed by atoms with Gasteiger partial charge in [0.15, 0.2) is 0 Å². The van der Waals surface area contributed by atoms with Gasteiger partial charge in [-0.1, -0.05) is 36.4 Å². The van der Waals surface area contributed by atoms with Crippen LogP contribution in [0.5, 0.6) is 0 Å². The zero-order chi connectivity index (χ0) is 22.8. The van der Waals surface area contributed by atoms with Gasteiger partial charge < -0.3 is 0 Å². The van der Waals surface area contributed by atoms with Crippen molar-refractivity contribution >= 4 is 64.9 Å². The fraction of sp³-hybridized carbons (Fsp3) is 0.0714. The van der Waals surface area contributed by atoms with Gasteiger partial charge in [0.1, 0.15) is 10.0 Å². The molecule has 0 saturated carbocycles. The molecule has 0 amide bonds. The predicted octanol–water partition coefficient (Wildman–Crippen LogP) is 7.95. The lowest BCUT2D eigenvalue weighted by Crippen LogP contribution is -1.94. The Morgan fingerprint density at radius 3 is 1.41 bits per heavy atom. The van der Waals surface area contributed by atoms with E-state index in [0.717, 1.165) is 65.4 Å². The molecule has 7 rings (SSSR count). The van der Waals surface area contributed by atoms with Gasteiger partial charge in [-0.25, -0.2) is 9.97 Å². The summed E-state index contributed by atoms with van der Waals surface area (Å²) in [4.78, 5) is 19.8. The third-order valence-corrected chi connectivity index (χ3v) is 8.20. The van der Waals surface area contributed by atoms with Crippen LogP contribution in [-0.2, 0) is 0 Å². The highest BCUT2D eigenvalue weighted by molar-refractivity contribution is 7.22. The molecule has 0 aliphatic rings. The van der Waals surface area contributed by atoms with E-state index in [1.165, 1.54) is 9.40 Å². The highest BCUT2D eigenvalue weighted by Gasteiger charge is 2.17. The lowest BCUT2D eigenvalue weighted by molar-refractivity contribution is 1.23. The molecule has 34 heavy (non-hydrogen) atoms. The Bertz CT molecular complexity index is 1690. The second-order valence-corrected chi connectivity index (χ2v) is 10.5. The molecule has 0 spiro atoms. The Labute approximate surface area is 203 Å². The average molecular weight is 475 g/mol. The van der Waals surface area contributed by atoms with Gasteiger partial charge in [0.2, 0.25) is 0 Å². The number of benzene rings is 3. The van der Waals surface area contributed by atoms with Gasteiger partial charge in [0.25, 0.3) is 0 Å². The molecule has 0 fully saturated rings. The van der Waals surface area contributed by atoms with Crippen LogP contribution in [0.2, 0.25) is 0 Å². The maximum Gasteiger partial charge on any atom is 0.125 e. The molecule has 162 valence electrons. The van der Waals surface area contributed by atoms with Gasteiger partial charge in [-0.2, -0.15) is 0 Å². The van der Waals surface area contributed by atoms with Crippen LogP contribution in [0.1, 0.15) is 11.4 Å². The van der Waals surface area contributed by atoms with Crippen molar-refractivity contribution in [2.75, 3.05) is 0 Å². The number of nitrogens with zero attached hydrogens (tertiary/aromatic N) is 4. The first kappa shape index (κ1) is 19.7. The van der Waals surface area contributed by atoms with Crippen LogP contribution in [0.4, 0.5) is 0 Å². The Morgan fingerprint density at radius 1 is 0.529 bits per heavy atom. The van der Waals surface area contributed by atoms with Crippen molar-refractivity contribution in [1.82, 2.24) is 19.9 Å². The van der Waals surface area contributed by atoms with E-state index in [4.69, 9.17) is 19.9 Å². The van der Waals surface area contributed by atoms with Crippen LogP contribution in [0.25, 0.3) is 63.4 Å². The largest absolute Gasteiger partial charge is 0.251 e. The predicted molar refractivity (Wildman–Crippen MR) is 144 cm³/mol. The quantitative estimate of drug-likeness (QED) is 0.239. The number of fused-ring (bicyclic) bond motifs is 5. The maximum absolute atomic E-state index is 4.96. The van der Waals surface area contributed by atoms with Gasteiger partial charge in [0.05, 0.1) is 31.5 Å². The molecule has 3 aromatic carbocycles. The molecule has 4 aromatic heterocycles. The highest BCUT2D eigenvalue weighted by atomic mass is 32.1. The molecule has 0 unspecified atom stereocenters. The van der Waals surface area contributed by atoms with E-state index in [9.17, 15) is 0 Å². The minimum absolute atomic E-state index is 0.915. The monoisotopic (exact) mass is 474 g/mol. The summed E-state index contributed by atoms with van der Waals surface area (Å²) in [6, 6.07) is 25.2. The van der Waals surface area contributed by atoms with Gasteiger partial charge in [-0.15, -0.1) is 22.7 Å². The van der Waals surface area contributed by atoms with Crippen molar-refractivity contribution in [3.05, 3.63) is 84.2 Å². The van der Waals surface area contributed by atoms with E-state index in [1.54, 1.807) is 22.7 Å². The van der Waals surface area contributed by atoms with Crippen molar-refractivity contribution in [3.8, 4) is 21.1 Å². The summed E-state index contributed by atoms with van der Waals surface area (Å²) in [5.41, 5.74) is 8.01. The van der Waals surface area contributed by atoms with Gasteiger partial charge >= 0.3 is 0 Å². The molecule has 0 N–H and O–H groups in total. The first-order valence-corrected chi connectivity index (χ1v) is 12.7. The number of rotatable bonds is 2. The summed E-state index contributed by atoms with van der Waals surface area (Å²) in [6.07, 6.45) is 0. The third-order valence-electron chi connectivity index (χ3n) is 6.06. The first-order valence-electron chi connectivity index (χ1n) is 11.1. The molecule has 4 nitrogen and oxygen atoms in total. The Kier molecular flexibility index (Phi) is 4.28. The van der Waals surface area contributed by atoms with Crippen LogP contribution in [0, 0.1) is 13.8 Å². The van der Waals surface area contributed by atoms with E-state index in [0.29, 0.717) is 0 Å². The van der Waals surface area contributed by atoms with E-state index < -0.39 is 0 Å². The van der Waals surface area contributed by atoms with Crippen LogP contribution >= 0.6 is 22.7 Å². The van der Waals surface area contributed by atoms with Crippen molar-refractivity contribution in [2.45, 2.75) is 13.8 Å². The summed E-state index contributed by atoms with van der Waals surface area (Å²) in [5.74, 6) is 0. The van der Waals surface area contributed by atoms with Gasteiger partial charge in [-0.05, 0) is 50.2 Å². The number of aromatic nitrogens is 4. The number of thiazole rings is 2. The van der Waals surface area contributed by atoms with Crippen LogP contribution < -0.4 is 0 Å². The van der Waals surface area contributed by atoms with Crippen molar-refractivity contribution in [2.24, 2.45) is 0 Å². The lowest BCUT2D eigenvalue weighted by Gasteiger charge is -2.11. The Balaban J connectivity index is 1.52. The lowest BCUT2D eigenvalue weighted by atomic mass is 10.0.